The summed E-state index contributed by atoms with van der Waals surface area (Å²) in [6.07, 6.45) is 2.40. The lowest BCUT2D eigenvalue weighted by atomic mass is 10.1. The third-order valence-electron chi connectivity index (χ3n) is 4.30. The number of aromatic nitrogens is 3. The number of carbonyl (C=O) groups is 1. The number of hydrogen-bond acceptors (Lipinski definition) is 5. The number of benzene rings is 2. The summed E-state index contributed by atoms with van der Waals surface area (Å²) in [5.74, 6) is -0.424. The number of aromatic amines is 1. The van der Waals surface area contributed by atoms with Crippen LogP contribution >= 0.6 is 22.9 Å². The molecule has 0 aliphatic rings. The zero-order valence-corrected chi connectivity index (χ0v) is 16.4. The Morgan fingerprint density at radius 3 is 2.79 bits per heavy atom. The first-order chi connectivity index (χ1) is 13.5. The monoisotopic (exact) mass is 410 g/mol. The third-order valence-corrected chi connectivity index (χ3v) is 5.62. The summed E-state index contributed by atoms with van der Waals surface area (Å²) in [5, 5.41) is 11.1. The number of amides is 1. The first-order valence-corrected chi connectivity index (χ1v) is 9.69. The van der Waals surface area contributed by atoms with Crippen LogP contribution in [0.15, 0.2) is 53.5 Å². The van der Waals surface area contributed by atoms with Crippen molar-refractivity contribution in [3.63, 3.8) is 0 Å². The molecule has 0 aliphatic heterocycles. The maximum Gasteiger partial charge on any atom is 0.278 e. The maximum atomic E-state index is 12.6. The molecule has 0 fully saturated rings. The molecule has 0 unspecified atom stereocenters. The van der Waals surface area contributed by atoms with E-state index in [0.717, 1.165) is 21.0 Å². The Labute approximate surface area is 169 Å². The minimum atomic E-state index is -0.424. The number of carbonyl (C=O) groups excluding carboxylic acids is 1. The Kier molecular flexibility index (Phi) is 4.93. The van der Waals surface area contributed by atoms with E-state index >= 15 is 0 Å². The van der Waals surface area contributed by atoms with Gasteiger partial charge in [0.2, 0.25) is 0 Å². The van der Waals surface area contributed by atoms with Crippen molar-refractivity contribution in [1.82, 2.24) is 15.2 Å². The molecule has 0 atom stereocenters. The normalized spacial score (nSPS) is 10.9. The highest BCUT2D eigenvalue weighted by atomic mass is 35.5. The van der Waals surface area contributed by atoms with E-state index in [-0.39, 0.29) is 11.3 Å². The number of nitrogens with one attached hydrogen (secondary N) is 2. The second kappa shape index (κ2) is 7.53. The highest BCUT2D eigenvalue weighted by molar-refractivity contribution is 7.15. The SMILES string of the molecule is Cc1ccc(Cc2cnc(NC(=O)c3n[nH]c(=O)c4ccccc34)s2)cc1Cl. The van der Waals surface area contributed by atoms with Gasteiger partial charge in [-0.25, -0.2) is 10.1 Å². The van der Waals surface area contributed by atoms with Crippen molar-refractivity contribution in [1.29, 1.82) is 0 Å². The third kappa shape index (κ3) is 3.67. The lowest BCUT2D eigenvalue weighted by Gasteiger charge is -2.04. The topological polar surface area (TPSA) is 87.7 Å². The standard InChI is InChI=1S/C20H15ClN4O2S/c1-11-6-7-12(9-16(11)21)8-13-10-22-20(28-13)23-19(27)17-14-4-2-3-5-15(14)18(26)25-24-17/h2-7,9-10H,8H2,1H3,(H,25,26)(H,22,23,27). The molecule has 1 amide bonds. The molecular formula is C20H15ClN4O2S. The molecule has 2 aromatic carbocycles. The molecular weight excluding hydrogens is 396 g/mol. The molecule has 0 spiro atoms. The van der Waals surface area contributed by atoms with Crippen LogP contribution in [-0.2, 0) is 6.42 Å². The van der Waals surface area contributed by atoms with Crippen molar-refractivity contribution in [2.75, 3.05) is 5.32 Å². The van der Waals surface area contributed by atoms with Crippen molar-refractivity contribution in [2.45, 2.75) is 13.3 Å². The van der Waals surface area contributed by atoms with E-state index in [1.165, 1.54) is 11.3 Å². The van der Waals surface area contributed by atoms with Crippen LogP contribution < -0.4 is 10.9 Å². The molecule has 2 aromatic heterocycles. The number of anilines is 1. The first-order valence-electron chi connectivity index (χ1n) is 8.50. The van der Waals surface area contributed by atoms with Crippen LogP contribution in [0.5, 0.6) is 0 Å². The summed E-state index contributed by atoms with van der Waals surface area (Å²) >= 11 is 7.56. The average molecular weight is 411 g/mol. The summed E-state index contributed by atoms with van der Waals surface area (Å²) in [4.78, 5) is 29.8. The van der Waals surface area contributed by atoms with Gasteiger partial charge < -0.3 is 0 Å². The Balaban J connectivity index is 1.54. The molecule has 140 valence electrons. The quantitative estimate of drug-likeness (QED) is 0.528. The Morgan fingerprint density at radius 2 is 2.00 bits per heavy atom. The van der Waals surface area contributed by atoms with Crippen LogP contribution in [0.3, 0.4) is 0 Å². The van der Waals surface area contributed by atoms with Crippen LogP contribution in [-0.4, -0.2) is 21.1 Å². The second-order valence-electron chi connectivity index (χ2n) is 6.29. The summed E-state index contributed by atoms with van der Waals surface area (Å²) in [6, 6.07) is 12.8. The van der Waals surface area contributed by atoms with Crippen LogP contribution in [0, 0.1) is 6.92 Å². The lowest BCUT2D eigenvalue weighted by Crippen LogP contribution is -2.19. The van der Waals surface area contributed by atoms with Gasteiger partial charge in [0.05, 0.1) is 5.39 Å². The van der Waals surface area contributed by atoms with Gasteiger partial charge in [-0.3, -0.25) is 14.9 Å². The highest BCUT2D eigenvalue weighted by Gasteiger charge is 2.15. The number of hydrogen-bond donors (Lipinski definition) is 2. The van der Waals surface area contributed by atoms with Gasteiger partial charge >= 0.3 is 0 Å². The smallest absolute Gasteiger partial charge is 0.278 e. The molecule has 0 saturated carbocycles. The summed E-state index contributed by atoms with van der Waals surface area (Å²) in [5.41, 5.74) is 1.92. The average Bonchev–Trinajstić information content (AvgIpc) is 3.12. The molecule has 0 radical (unpaired) electrons. The minimum Gasteiger partial charge on any atom is -0.296 e. The largest absolute Gasteiger partial charge is 0.296 e. The predicted molar refractivity (Wildman–Crippen MR) is 111 cm³/mol. The van der Waals surface area contributed by atoms with Crippen molar-refractivity contribution in [3.05, 3.63) is 85.7 Å². The number of nitrogens with zero attached hydrogens (tertiary/aromatic N) is 2. The zero-order chi connectivity index (χ0) is 19.7. The first kappa shape index (κ1) is 18.3. The van der Waals surface area contributed by atoms with Crippen LogP contribution in [0.1, 0.15) is 26.5 Å². The molecule has 6 nitrogen and oxygen atoms in total. The molecule has 28 heavy (non-hydrogen) atoms. The molecule has 2 N–H and O–H groups in total. The number of halogens is 1. The number of thiazole rings is 1. The van der Waals surface area contributed by atoms with Gasteiger partial charge in [-0.2, -0.15) is 5.10 Å². The fourth-order valence-corrected chi connectivity index (χ4v) is 3.88. The highest BCUT2D eigenvalue weighted by Crippen LogP contribution is 2.24. The van der Waals surface area contributed by atoms with Gasteiger partial charge in [-0.1, -0.05) is 41.9 Å². The van der Waals surface area contributed by atoms with E-state index in [1.807, 2.05) is 25.1 Å². The molecule has 0 saturated heterocycles. The molecule has 0 bridgehead atoms. The minimum absolute atomic E-state index is 0.150. The Morgan fingerprint density at radius 1 is 1.21 bits per heavy atom. The Bertz CT molecular complexity index is 1250. The second-order valence-corrected chi connectivity index (χ2v) is 7.82. The van der Waals surface area contributed by atoms with E-state index in [1.54, 1.807) is 30.5 Å². The van der Waals surface area contributed by atoms with Gasteiger partial charge in [-0.15, -0.1) is 11.3 Å². The number of fused-ring (bicyclic) bond motifs is 1. The van der Waals surface area contributed by atoms with E-state index in [4.69, 9.17) is 11.6 Å². The maximum absolute atomic E-state index is 12.6. The summed E-state index contributed by atoms with van der Waals surface area (Å²) in [6.45, 7) is 1.96. The van der Waals surface area contributed by atoms with Crippen LogP contribution in [0.2, 0.25) is 5.02 Å². The zero-order valence-electron chi connectivity index (χ0n) is 14.8. The number of H-pyrrole nitrogens is 1. The van der Waals surface area contributed by atoms with Crippen LogP contribution in [0.4, 0.5) is 5.13 Å². The van der Waals surface area contributed by atoms with Gasteiger partial charge in [0, 0.05) is 27.9 Å². The summed E-state index contributed by atoms with van der Waals surface area (Å²) < 4.78 is 0. The van der Waals surface area contributed by atoms with Crippen molar-refractivity contribution in [2.24, 2.45) is 0 Å². The predicted octanol–water partition coefficient (Wildman–Crippen LogP) is 4.18. The van der Waals surface area contributed by atoms with Gasteiger partial charge in [0.1, 0.15) is 0 Å². The van der Waals surface area contributed by atoms with Crippen molar-refractivity contribution < 1.29 is 4.79 Å². The molecule has 4 rings (SSSR count). The van der Waals surface area contributed by atoms with Crippen molar-refractivity contribution >= 4 is 44.7 Å². The van der Waals surface area contributed by atoms with Crippen molar-refractivity contribution in [3.8, 4) is 0 Å². The lowest BCUT2D eigenvalue weighted by molar-refractivity contribution is 0.102. The van der Waals surface area contributed by atoms with Gasteiger partial charge in [-0.05, 0) is 30.2 Å². The number of aryl methyl sites for hydroxylation is 1. The summed E-state index contributed by atoms with van der Waals surface area (Å²) in [7, 11) is 0. The van der Waals surface area contributed by atoms with Gasteiger partial charge in [0.15, 0.2) is 10.8 Å². The fraction of sp³-hybridized carbons (Fsp3) is 0.100. The molecule has 8 heteroatoms. The molecule has 0 aliphatic carbocycles. The van der Waals surface area contributed by atoms with E-state index < -0.39 is 5.91 Å². The molecule has 2 heterocycles. The van der Waals surface area contributed by atoms with E-state index in [0.29, 0.717) is 22.3 Å². The fourth-order valence-electron chi connectivity index (χ4n) is 2.84. The number of rotatable bonds is 4. The van der Waals surface area contributed by atoms with Gasteiger partial charge in [0.25, 0.3) is 11.5 Å². The van der Waals surface area contributed by atoms with Crippen LogP contribution in [0.25, 0.3) is 10.8 Å². The van der Waals surface area contributed by atoms with E-state index in [2.05, 4.69) is 20.5 Å². The molecule has 4 aromatic rings. The Hall–Kier alpha value is -3.03. The van der Waals surface area contributed by atoms with E-state index in [9.17, 15) is 9.59 Å².